The van der Waals surface area contributed by atoms with Gasteiger partial charge in [0.05, 0.1) is 49.7 Å². The Hall–Kier alpha value is -4.18. The summed E-state index contributed by atoms with van der Waals surface area (Å²) in [6.45, 7) is 4.23. The molecule has 0 bridgehead atoms. The lowest BCUT2D eigenvalue weighted by Gasteiger charge is -2.39. The van der Waals surface area contributed by atoms with Crippen molar-refractivity contribution in [3.05, 3.63) is 130 Å². The predicted molar refractivity (Wildman–Crippen MR) is 168 cm³/mol. The summed E-state index contributed by atoms with van der Waals surface area (Å²) in [5.74, 6) is -0.524. The van der Waals surface area contributed by atoms with Crippen molar-refractivity contribution < 1.29 is 28.9 Å². The standard InChI is InChI=1S/C37H36N2O6/c40-24-25-11-13-27(14-12-25)34-21-31(23-38-15-17-43-18-16-38)44-37(45-34)30-8-4-7-29(20-30)28-6-3-5-26(19-28)22-39-35(41)32-9-1-2-10-33(32)36(39)42/h1-14,19-20,31,34,37,40H,15-18,21-24H2/t31-,34+,37+/m1/s1. The number of morpholine rings is 1. The summed E-state index contributed by atoms with van der Waals surface area (Å²) in [6, 6.07) is 31.0. The number of ether oxygens (including phenoxy) is 3. The molecule has 3 aliphatic heterocycles. The first-order valence-electron chi connectivity index (χ1n) is 15.5. The number of imide groups is 1. The highest BCUT2D eigenvalue weighted by molar-refractivity contribution is 6.21. The van der Waals surface area contributed by atoms with Gasteiger partial charge in [0.25, 0.3) is 11.8 Å². The Kier molecular flexibility index (Phi) is 8.56. The molecule has 2 amide bonds. The van der Waals surface area contributed by atoms with Gasteiger partial charge in [-0.1, -0.05) is 72.8 Å². The van der Waals surface area contributed by atoms with E-state index in [4.69, 9.17) is 14.2 Å². The lowest BCUT2D eigenvalue weighted by molar-refractivity contribution is -0.253. The molecule has 3 atom stereocenters. The first kappa shape index (κ1) is 29.5. The van der Waals surface area contributed by atoms with Crippen LogP contribution in [0.1, 0.15) is 61.8 Å². The number of benzene rings is 4. The predicted octanol–water partition coefficient (Wildman–Crippen LogP) is 5.52. The van der Waals surface area contributed by atoms with Gasteiger partial charge in [-0.15, -0.1) is 0 Å². The fourth-order valence-electron chi connectivity index (χ4n) is 6.38. The number of hydrogen-bond donors (Lipinski definition) is 1. The number of amides is 2. The molecule has 0 spiro atoms. The van der Waals surface area contributed by atoms with Crippen molar-refractivity contribution in [2.75, 3.05) is 32.8 Å². The minimum atomic E-state index is -0.561. The highest BCUT2D eigenvalue weighted by atomic mass is 16.7. The zero-order valence-corrected chi connectivity index (χ0v) is 25.0. The van der Waals surface area contributed by atoms with E-state index in [1.165, 1.54) is 4.90 Å². The number of rotatable bonds is 8. The van der Waals surface area contributed by atoms with Gasteiger partial charge in [0.2, 0.25) is 0 Å². The molecule has 1 N–H and O–H groups in total. The van der Waals surface area contributed by atoms with E-state index in [1.807, 2.05) is 66.7 Å². The monoisotopic (exact) mass is 604 g/mol. The molecule has 3 heterocycles. The zero-order valence-electron chi connectivity index (χ0n) is 25.0. The summed E-state index contributed by atoms with van der Waals surface area (Å²) in [4.78, 5) is 29.6. The lowest BCUT2D eigenvalue weighted by atomic mass is 9.98. The number of carbonyl (C=O) groups excluding carboxylic acids is 2. The van der Waals surface area contributed by atoms with Gasteiger partial charge >= 0.3 is 0 Å². The maximum Gasteiger partial charge on any atom is 0.261 e. The second-order valence-corrected chi connectivity index (χ2v) is 11.8. The molecule has 0 unspecified atom stereocenters. The maximum absolute atomic E-state index is 13.0. The van der Waals surface area contributed by atoms with Crippen LogP contribution < -0.4 is 0 Å². The quantitative estimate of drug-likeness (QED) is 0.265. The van der Waals surface area contributed by atoms with E-state index >= 15 is 0 Å². The van der Waals surface area contributed by atoms with Crippen LogP contribution in [0.5, 0.6) is 0 Å². The average Bonchev–Trinajstić information content (AvgIpc) is 3.33. The summed E-state index contributed by atoms with van der Waals surface area (Å²) in [6.07, 6.45) is -0.0229. The minimum Gasteiger partial charge on any atom is -0.392 e. The first-order chi connectivity index (χ1) is 22.1. The van der Waals surface area contributed by atoms with E-state index in [9.17, 15) is 14.7 Å². The first-order valence-corrected chi connectivity index (χ1v) is 15.5. The summed E-state index contributed by atoms with van der Waals surface area (Å²) in [7, 11) is 0. The number of hydrogen-bond acceptors (Lipinski definition) is 7. The third kappa shape index (κ3) is 6.33. The van der Waals surface area contributed by atoms with Crippen molar-refractivity contribution in [3.8, 4) is 11.1 Å². The van der Waals surface area contributed by atoms with E-state index in [0.29, 0.717) is 11.1 Å². The minimum absolute atomic E-state index is 0.00346. The normalized spacial score (nSPS) is 22.1. The van der Waals surface area contributed by atoms with Gasteiger partial charge in [0, 0.05) is 31.6 Å². The molecule has 7 rings (SSSR count). The van der Waals surface area contributed by atoms with Gasteiger partial charge in [0.15, 0.2) is 6.29 Å². The van der Waals surface area contributed by atoms with E-state index < -0.39 is 6.29 Å². The topological polar surface area (TPSA) is 88.5 Å². The summed E-state index contributed by atoms with van der Waals surface area (Å²) in [5, 5.41) is 9.52. The molecule has 3 aliphatic rings. The molecule has 4 aromatic rings. The average molecular weight is 605 g/mol. The molecular formula is C37H36N2O6. The molecule has 0 radical (unpaired) electrons. The van der Waals surface area contributed by atoms with Gasteiger partial charge in [-0.2, -0.15) is 0 Å². The largest absolute Gasteiger partial charge is 0.392 e. The van der Waals surface area contributed by atoms with Crippen LogP contribution in [0.25, 0.3) is 11.1 Å². The van der Waals surface area contributed by atoms with Gasteiger partial charge in [0.1, 0.15) is 0 Å². The second-order valence-electron chi connectivity index (χ2n) is 11.8. The van der Waals surface area contributed by atoms with Crippen molar-refractivity contribution in [1.29, 1.82) is 0 Å². The van der Waals surface area contributed by atoms with Crippen LogP contribution in [0.15, 0.2) is 97.1 Å². The van der Waals surface area contributed by atoms with Gasteiger partial charge in [-0.05, 0) is 52.1 Å². The lowest BCUT2D eigenvalue weighted by Crippen LogP contribution is -2.44. The molecular weight excluding hydrogens is 568 g/mol. The van der Waals surface area contributed by atoms with Gasteiger partial charge in [-0.3, -0.25) is 19.4 Å². The van der Waals surface area contributed by atoms with Crippen LogP contribution in [0.4, 0.5) is 0 Å². The summed E-state index contributed by atoms with van der Waals surface area (Å²) < 4.78 is 18.8. The van der Waals surface area contributed by atoms with E-state index in [0.717, 1.165) is 72.6 Å². The smallest absolute Gasteiger partial charge is 0.261 e. The number of carbonyl (C=O) groups is 2. The molecule has 2 fully saturated rings. The van der Waals surface area contributed by atoms with E-state index in [1.54, 1.807) is 24.3 Å². The molecule has 0 saturated carbocycles. The molecule has 230 valence electrons. The SMILES string of the molecule is O=C1c2ccccc2C(=O)N1Cc1cccc(-c2cccc([C@H]3O[C@@H](CN4CCOCC4)C[C@@H](c4ccc(CO)cc4)O3)c2)c1. The third-order valence-corrected chi connectivity index (χ3v) is 8.82. The van der Waals surface area contributed by atoms with E-state index in [2.05, 4.69) is 11.0 Å². The highest BCUT2D eigenvalue weighted by Crippen LogP contribution is 2.39. The Morgan fingerprint density at radius 2 is 1.40 bits per heavy atom. The number of fused-ring (bicyclic) bond motifs is 1. The summed E-state index contributed by atoms with van der Waals surface area (Å²) >= 11 is 0. The van der Waals surface area contributed by atoms with Crippen LogP contribution in [-0.2, 0) is 27.4 Å². The number of aliphatic hydroxyl groups excluding tert-OH is 1. The van der Waals surface area contributed by atoms with Crippen molar-refractivity contribution in [2.24, 2.45) is 0 Å². The Labute approximate surface area is 262 Å². The molecule has 2 saturated heterocycles. The maximum atomic E-state index is 13.0. The van der Waals surface area contributed by atoms with Crippen LogP contribution >= 0.6 is 0 Å². The van der Waals surface area contributed by atoms with Crippen molar-refractivity contribution in [2.45, 2.75) is 38.1 Å². The summed E-state index contributed by atoms with van der Waals surface area (Å²) in [5.41, 5.74) is 6.58. The van der Waals surface area contributed by atoms with Crippen LogP contribution in [0.3, 0.4) is 0 Å². The molecule has 8 nitrogen and oxygen atoms in total. The van der Waals surface area contributed by atoms with Gasteiger partial charge in [-0.25, -0.2) is 0 Å². The Morgan fingerprint density at radius 3 is 2.11 bits per heavy atom. The molecule has 4 aromatic carbocycles. The molecule has 45 heavy (non-hydrogen) atoms. The molecule has 8 heteroatoms. The number of nitrogens with zero attached hydrogens (tertiary/aromatic N) is 2. The molecule has 0 aliphatic carbocycles. The Balaban J connectivity index is 1.12. The van der Waals surface area contributed by atoms with Crippen LogP contribution in [-0.4, -0.2) is 65.7 Å². The van der Waals surface area contributed by atoms with E-state index in [-0.39, 0.29) is 37.2 Å². The van der Waals surface area contributed by atoms with Crippen molar-refractivity contribution in [3.63, 3.8) is 0 Å². The van der Waals surface area contributed by atoms with Crippen LogP contribution in [0.2, 0.25) is 0 Å². The Morgan fingerprint density at radius 1 is 0.711 bits per heavy atom. The van der Waals surface area contributed by atoms with Gasteiger partial charge < -0.3 is 19.3 Å². The van der Waals surface area contributed by atoms with Crippen molar-refractivity contribution >= 4 is 11.8 Å². The second kappa shape index (κ2) is 13.0. The third-order valence-electron chi connectivity index (χ3n) is 8.82. The fraction of sp³-hybridized carbons (Fsp3) is 0.297. The number of aliphatic hydroxyl groups is 1. The van der Waals surface area contributed by atoms with Crippen molar-refractivity contribution in [1.82, 2.24) is 9.80 Å². The fourth-order valence-corrected chi connectivity index (χ4v) is 6.38. The highest BCUT2D eigenvalue weighted by Gasteiger charge is 2.35. The Bertz CT molecular complexity index is 1650. The molecule has 0 aromatic heterocycles. The van der Waals surface area contributed by atoms with Crippen LogP contribution in [0, 0.1) is 0 Å². The zero-order chi connectivity index (χ0) is 30.8.